The molecule has 2 atom stereocenters. The molecule has 1 saturated heterocycles. The van der Waals surface area contributed by atoms with E-state index in [9.17, 15) is 9.90 Å². The van der Waals surface area contributed by atoms with Gasteiger partial charge in [0.25, 0.3) is 5.91 Å². The number of aromatic hydroxyl groups is 1. The molecule has 1 aromatic carbocycles. The predicted octanol–water partition coefficient (Wildman–Crippen LogP) is 3.19. The summed E-state index contributed by atoms with van der Waals surface area (Å²) >= 11 is 0. The Labute approximate surface area is 114 Å². The number of piperidine rings is 1. The second kappa shape index (κ2) is 5.24. The average molecular weight is 259 g/mol. The SMILES string of the molecule is O=C(c1ccc(O)cc1)N1CCC[C@H]2CCCC[C@H]21. The van der Waals surface area contributed by atoms with Gasteiger partial charge in [0.1, 0.15) is 5.75 Å². The summed E-state index contributed by atoms with van der Waals surface area (Å²) in [5.74, 6) is 1.06. The van der Waals surface area contributed by atoms with Crippen molar-refractivity contribution in [2.75, 3.05) is 6.54 Å². The molecule has 1 aromatic rings. The number of phenolic OH excluding ortho intramolecular Hbond substituents is 1. The van der Waals surface area contributed by atoms with E-state index in [1.165, 1.54) is 25.7 Å². The van der Waals surface area contributed by atoms with Crippen molar-refractivity contribution in [1.82, 2.24) is 4.90 Å². The molecule has 0 aromatic heterocycles. The van der Waals surface area contributed by atoms with Gasteiger partial charge in [0, 0.05) is 18.2 Å². The summed E-state index contributed by atoms with van der Waals surface area (Å²) < 4.78 is 0. The van der Waals surface area contributed by atoms with Gasteiger partial charge in [-0.3, -0.25) is 4.79 Å². The van der Waals surface area contributed by atoms with E-state index in [1.54, 1.807) is 24.3 Å². The molecule has 0 unspecified atom stereocenters. The minimum Gasteiger partial charge on any atom is -0.508 e. The van der Waals surface area contributed by atoms with Crippen LogP contribution in [0.1, 0.15) is 48.9 Å². The molecule has 1 saturated carbocycles. The van der Waals surface area contributed by atoms with E-state index >= 15 is 0 Å². The van der Waals surface area contributed by atoms with Crippen LogP contribution >= 0.6 is 0 Å². The quantitative estimate of drug-likeness (QED) is 0.841. The smallest absolute Gasteiger partial charge is 0.254 e. The van der Waals surface area contributed by atoms with E-state index in [0.717, 1.165) is 19.4 Å². The molecule has 0 spiro atoms. The lowest BCUT2D eigenvalue weighted by atomic mass is 9.78. The first-order valence-corrected chi connectivity index (χ1v) is 7.36. The van der Waals surface area contributed by atoms with Crippen LogP contribution in [0.5, 0.6) is 5.75 Å². The molecule has 0 bridgehead atoms. The number of hydrogen-bond acceptors (Lipinski definition) is 2. The van der Waals surface area contributed by atoms with Crippen molar-refractivity contribution in [2.24, 2.45) is 5.92 Å². The summed E-state index contributed by atoms with van der Waals surface area (Å²) in [7, 11) is 0. The van der Waals surface area contributed by atoms with Crippen LogP contribution in [-0.4, -0.2) is 28.5 Å². The van der Waals surface area contributed by atoms with Crippen molar-refractivity contribution in [3.8, 4) is 5.75 Å². The van der Waals surface area contributed by atoms with Crippen molar-refractivity contribution in [2.45, 2.75) is 44.6 Å². The molecule has 1 aliphatic carbocycles. The van der Waals surface area contributed by atoms with Crippen molar-refractivity contribution >= 4 is 5.91 Å². The van der Waals surface area contributed by atoms with Gasteiger partial charge in [-0.25, -0.2) is 0 Å². The van der Waals surface area contributed by atoms with Gasteiger partial charge in [-0.05, 0) is 55.9 Å². The molecule has 3 nitrogen and oxygen atoms in total. The number of hydrogen-bond donors (Lipinski definition) is 1. The van der Waals surface area contributed by atoms with Gasteiger partial charge in [0.2, 0.25) is 0 Å². The van der Waals surface area contributed by atoms with Crippen molar-refractivity contribution in [1.29, 1.82) is 0 Å². The number of carbonyl (C=O) groups is 1. The second-order valence-electron chi connectivity index (χ2n) is 5.80. The highest BCUT2D eigenvalue weighted by molar-refractivity contribution is 5.94. The molecule has 1 amide bonds. The van der Waals surface area contributed by atoms with Gasteiger partial charge in [-0.15, -0.1) is 0 Å². The minimum atomic E-state index is 0.136. The van der Waals surface area contributed by atoms with E-state index in [0.29, 0.717) is 17.5 Å². The maximum absolute atomic E-state index is 12.6. The largest absolute Gasteiger partial charge is 0.508 e. The molecule has 0 radical (unpaired) electrons. The Morgan fingerprint density at radius 1 is 1.05 bits per heavy atom. The molecule has 1 heterocycles. The summed E-state index contributed by atoms with van der Waals surface area (Å²) in [6, 6.07) is 7.09. The highest BCUT2D eigenvalue weighted by Gasteiger charge is 2.35. The zero-order chi connectivity index (χ0) is 13.2. The number of rotatable bonds is 1. The Hall–Kier alpha value is -1.51. The molecule has 2 aliphatic rings. The summed E-state index contributed by atoms with van der Waals surface area (Å²) in [5.41, 5.74) is 0.698. The first kappa shape index (κ1) is 12.5. The van der Waals surface area contributed by atoms with Crippen LogP contribution in [0.3, 0.4) is 0 Å². The van der Waals surface area contributed by atoms with Crippen molar-refractivity contribution < 1.29 is 9.90 Å². The standard InChI is InChI=1S/C16H21NO2/c18-14-9-7-13(8-10-14)16(19)17-11-3-5-12-4-1-2-6-15(12)17/h7-10,12,15,18H,1-6,11H2/t12-,15-/m1/s1. The third-order valence-corrected chi connectivity index (χ3v) is 4.62. The molecular weight excluding hydrogens is 238 g/mol. The Balaban J connectivity index is 1.79. The van der Waals surface area contributed by atoms with Crippen LogP contribution in [0.15, 0.2) is 24.3 Å². The lowest BCUT2D eigenvalue weighted by molar-refractivity contribution is 0.0390. The maximum Gasteiger partial charge on any atom is 0.254 e. The van der Waals surface area contributed by atoms with Crippen LogP contribution < -0.4 is 0 Å². The highest BCUT2D eigenvalue weighted by Crippen LogP contribution is 2.35. The number of nitrogens with zero attached hydrogens (tertiary/aromatic N) is 1. The fraction of sp³-hybridized carbons (Fsp3) is 0.562. The molecular formula is C16H21NO2. The Morgan fingerprint density at radius 3 is 2.53 bits per heavy atom. The first-order chi connectivity index (χ1) is 9.25. The number of carbonyl (C=O) groups excluding carboxylic acids is 1. The molecule has 2 fully saturated rings. The Bertz CT molecular complexity index is 452. The van der Waals surface area contributed by atoms with Crippen LogP contribution in [0.25, 0.3) is 0 Å². The number of fused-ring (bicyclic) bond motifs is 1. The average Bonchev–Trinajstić information content (AvgIpc) is 2.47. The van der Waals surface area contributed by atoms with E-state index in [2.05, 4.69) is 4.90 Å². The number of amides is 1. The Morgan fingerprint density at radius 2 is 1.74 bits per heavy atom. The fourth-order valence-corrected chi connectivity index (χ4v) is 3.65. The van der Waals surface area contributed by atoms with Gasteiger partial charge in [-0.1, -0.05) is 12.8 Å². The van der Waals surface area contributed by atoms with E-state index in [1.807, 2.05) is 0 Å². The molecule has 1 N–H and O–H groups in total. The van der Waals surface area contributed by atoms with E-state index in [-0.39, 0.29) is 11.7 Å². The van der Waals surface area contributed by atoms with Crippen LogP contribution in [0.2, 0.25) is 0 Å². The molecule has 19 heavy (non-hydrogen) atoms. The topological polar surface area (TPSA) is 40.5 Å². The zero-order valence-corrected chi connectivity index (χ0v) is 11.2. The summed E-state index contributed by atoms with van der Waals surface area (Å²) in [6.07, 6.45) is 7.43. The predicted molar refractivity (Wildman–Crippen MR) is 74.1 cm³/mol. The second-order valence-corrected chi connectivity index (χ2v) is 5.80. The number of phenols is 1. The fourth-order valence-electron chi connectivity index (χ4n) is 3.65. The number of benzene rings is 1. The van der Waals surface area contributed by atoms with Gasteiger partial charge in [0.05, 0.1) is 0 Å². The first-order valence-electron chi connectivity index (χ1n) is 7.36. The number of likely N-dealkylation sites (tertiary alicyclic amines) is 1. The zero-order valence-electron chi connectivity index (χ0n) is 11.2. The van der Waals surface area contributed by atoms with E-state index < -0.39 is 0 Å². The highest BCUT2D eigenvalue weighted by atomic mass is 16.3. The summed E-state index contributed by atoms with van der Waals surface area (Å²) in [4.78, 5) is 14.7. The summed E-state index contributed by atoms with van der Waals surface area (Å²) in [5, 5.41) is 9.31. The van der Waals surface area contributed by atoms with E-state index in [4.69, 9.17) is 0 Å². The van der Waals surface area contributed by atoms with Crippen LogP contribution in [0.4, 0.5) is 0 Å². The Kier molecular flexibility index (Phi) is 3.45. The molecule has 1 aliphatic heterocycles. The third kappa shape index (κ3) is 2.46. The van der Waals surface area contributed by atoms with Crippen LogP contribution in [0, 0.1) is 5.92 Å². The van der Waals surface area contributed by atoms with Gasteiger partial charge < -0.3 is 10.0 Å². The maximum atomic E-state index is 12.6. The monoisotopic (exact) mass is 259 g/mol. The van der Waals surface area contributed by atoms with Crippen LogP contribution in [-0.2, 0) is 0 Å². The van der Waals surface area contributed by atoms with Crippen molar-refractivity contribution in [3.63, 3.8) is 0 Å². The lowest BCUT2D eigenvalue weighted by Crippen LogP contribution is -2.49. The van der Waals surface area contributed by atoms with Crippen molar-refractivity contribution in [3.05, 3.63) is 29.8 Å². The normalized spacial score (nSPS) is 26.8. The molecule has 3 heteroatoms. The molecule has 102 valence electrons. The minimum absolute atomic E-state index is 0.136. The molecule has 3 rings (SSSR count). The van der Waals surface area contributed by atoms with Gasteiger partial charge in [0.15, 0.2) is 0 Å². The summed E-state index contributed by atoms with van der Waals surface area (Å²) in [6.45, 7) is 0.890. The van der Waals surface area contributed by atoms with Gasteiger partial charge >= 0.3 is 0 Å². The van der Waals surface area contributed by atoms with Gasteiger partial charge in [-0.2, -0.15) is 0 Å². The third-order valence-electron chi connectivity index (χ3n) is 4.62. The lowest BCUT2D eigenvalue weighted by Gasteiger charge is -2.44.